The minimum absolute atomic E-state index is 0.109. The lowest BCUT2D eigenvalue weighted by Crippen LogP contribution is -2.46. The summed E-state index contributed by atoms with van der Waals surface area (Å²) < 4.78 is 32.4. The second kappa shape index (κ2) is 7.16. The largest absolute Gasteiger partial charge is 0.461 e. The fourth-order valence-electron chi connectivity index (χ4n) is 2.73. The number of nitrogens with one attached hydrogen (secondary N) is 1. The monoisotopic (exact) mass is 404 g/mol. The molecule has 2 N–H and O–H groups in total. The van der Waals surface area contributed by atoms with Gasteiger partial charge in [-0.15, -0.1) is 0 Å². The molecule has 1 aromatic heterocycles. The molecule has 0 spiro atoms. The number of aromatic nitrogens is 1. The van der Waals surface area contributed by atoms with Crippen molar-refractivity contribution in [3.05, 3.63) is 28.9 Å². The molecule has 1 aromatic carbocycles. The van der Waals surface area contributed by atoms with E-state index in [2.05, 4.69) is 4.98 Å². The Hall–Kier alpha value is -1.26. The first-order valence-corrected chi connectivity index (χ1v) is 10.6. The number of sulfonamides is 1. The number of fused-ring (bicyclic) bond motifs is 1. The van der Waals surface area contributed by atoms with Gasteiger partial charge in [0.2, 0.25) is 10.0 Å². The summed E-state index contributed by atoms with van der Waals surface area (Å²) in [6.07, 6.45) is -1.15. The third kappa shape index (κ3) is 3.39. The maximum Gasteiger partial charge on any atom is 0.356 e. The summed E-state index contributed by atoms with van der Waals surface area (Å²) in [5, 5.41) is 10.8. The van der Waals surface area contributed by atoms with Crippen molar-refractivity contribution in [2.75, 3.05) is 24.7 Å². The van der Waals surface area contributed by atoms with E-state index in [1.54, 1.807) is 19.1 Å². The maximum absolute atomic E-state index is 13.2. The molecule has 1 fully saturated rings. The van der Waals surface area contributed by atoms with E-state index >= 15 is 0 Å². The molecule has 1 aliphatic heterocycles. The SMILES string of the molecule is CCOC(=O)c1[nH]c2ccc(Cl)cc2c1S(=O)(=O)N1CCSCC1O. The third-order valence-electron chi connectivity index (χ3n) is 3.81. The molecule has 0 amide bonds. The average molecular weight is 405 g/mol. The number of aliphatic hydroxyl groups is 1. The lowest BCUT2D eigenvalue weighted by Gasteiger charge is -2.30. The number of H-pyrrole nitrogens is 1. The smallest absolute Gasteiger partial charge is 0.356 e. The highest BCUT2D eigenvalue weighted by Crippen LogP contribution is 2.33. The molecule has 1 aliphatic rings. The first-order chi connectivity index (χ1) is 11.9. The van der Waals surface area contributed by atoms with E-state index in [-0.39, 0.29) is 29.5 Å². The van der Waals surface area contributed by atoms with Crippen LogP contribution in [0.4, 0.5) is 0 Å². The number of aromatic amines is 1. The van der Waals surface area contributed by atoms with Crippen LogP contribution >= 0.6 is 23.4 Å². The third-order valence-corrected chi connectivity index (χ3v) is 7.04. The van der Waals surface area contributed by atoms with Gasteiger partial charge in [-0.2, -0.15) is 16.1 Å². The van der Waals surface area contributed by atoms with Gasteiger partial charge in [0.25, 0.3) is 0 Å². The zero-order valence-electron chi connectivity index (χ0n) is 13.4. The first-order valence-electron chi connectivity index (χ1n) is 7.62. The van der Waals surface area contributed by atoms with Gasteiger partial charge in [-0.25, -0.2) is 13.2 Å². The fourth-order valence-corrected chi connectivity index (χ4v) is 5.79. The Labute approximate surface area is 154 Å². The number of thioether (sulfide) groups is 1. The molecule has 2 aromatic rings. The topological polar surface area (TPSA) is 99.7 Å². The maximum atomic E-state index is 13.2. The van der Waals surface area contributed by atoms with Gasteiger partial charge in [-0.05, 0) is 25.1 Å². The molecule has 136 valence electrons. The summed E-state index contributed by atoms with van der Waals surface area (Å²) in [4.78, 5) is 14.9. The van der Waals surface area contributed by atoms with Crippen molar-refractivity contribution in [1.82, 2.24) is 9.29 Å². The van der Waals surface area contributed by atoms with E-state index in [0.717, 1.165) is 4.31 Å². The Balaban J connectivity index is 2.23. The molecule has 2 heterocycles. The average Bonchev–Trinajstić information content (AvgIpc) is 2.94. The Morgan fingerprint density at radius 1 is 1.52 bits per heavy atom. The highest BCUT2D eigenvalue weighted by molar-refractivity contribution is 7.99. The molecule has 0 saturated carbocycles. The molecule has 25 heavy (non-hydrogen) atoms. The number of rotatable bonds is 4. The van der Waals surface area contributed by atoms with Gasteiger partial charge in [0, 0.05) is 34.0 Å². The van der Waals surface area contributed by atoms with Crippen LogP contribution in [0.3, 0.4) is 0 Å². The Morgan fingerprint density at radius 2 is 2.28 bits per heavy atom. The zero-order valence-corrected chi connectivity index (χ0v) is 15.7. The van der Waals surface area contributed by atoms with E-state index in [4.69, 9.17) is 16.3 Å². The van der Waals surface area contributed by atoms with Crippen LogP contribution in [0.15, 0.2) is 23.1 Å². The normalized spacial score (nSPS) is 19.2. The van der Waals surface area contributed by atoms with Crippen molar-refractivity contribution in [2.24, 2.45) is 0 Å². The minimum atomic E-state index is -4.13. The fraction of sp³-hybridized carbons (Fsp3) is 0.400. The van der Waals surface area contributed by atoms with Crippen molar-refractivity contribution < 1.29 is 23.1 Å². The molecule has 0 radical (unpaired) electrons. The number of hydrogen-bond donors (Lipinski definition) is 2. The number of hydrogen-bond acceptors (Lipinski definition) is 6. The highest BCUT2D eigenvalue weighted by atomic mass is 35.5. The molecule has 0 aliphatic carbocycles. The van der Waals surface area contributed by atoms with E-state index in [0.29, 0.717) is 21.7 Å². The standard InChI is InChI=1S/C15H17ClN2O5S2/c1-2-23-15(20)13-14(10-7-9(16)3-4-11(10)17-13)25(21,22)18-5-6-24-8-12(18)19/h3-4,7,12,17,19H,2,5-6,8H2,1H3. The molecule has 10 heteroatoms. The quantitative estimate of drug-likeness (QED) is 0.756. The minimum Gasteiger partial charge on any atom is -0.461 e. The van der Waals surface area contributed by atoms with Crippen LogP contribution in [0.1, 0.15) is 17.4 Å². The lowest BCUT2D eigenvalue weighted by molar-refractivity contribution is 0.0514. The number of carbonyl (C=O) groups is 1. The van der Waals surface area contributed by atoms with Crippen LogP contribution < -0.4 is 0 Å². The van der Waals surface area contributed by atoms with Gasteiger partial charge in [0.15, 0.2) is 0 Å². The molecule has 0 bridgehead atoms. The van der Waals surface area contributed by atoms with Crippen LogP contribution in [0.25, 0.3) is 10.9 Å². The summed E-state index contributed by atoms with van der Waals surface area (Å²) >= 11 is 7.48. The zero-order chi connectivity index (χ0) is 18.2. The molecule has 1 unspecified atom stereocenters. The summed E-state index contributed by atoms with van der Waals surface area (Å²) in [5.74, 6) is 0.0693. The van der Waals surface area contributed by atoms with Gasteiger partial charge in [-0.1, -0.05) is 11.6 Å². The lowest BCUT2D eigenvalue weighted by atomic mass is 10.2. The summed E-state index contributed by atoms with van der Waals surface area (Å²) in [7, 11) is -4.13. The Bertz CT molecular complexity index is 912. The van der Waals surface area contributed by atoms with E-state index < -0.39 is 22.2 Å². The number of nitrogens with zero attached hydrogens (tertiary/aromatic N) is 1. The number of aliphatic hydroxyl groups excluding tert-OH is 1. The van der Waals surface area contributed by atoms with Gasteiger partial charge in [0.05, 0.1) is 6.61 Å². The van der Waals surface area contributed by atoms with E-state index in [1.165, 1.54) is 17.8 Å². The number of esters is 1. The summed E-state index contributed by atoms with van der Waals surface area (Å²) in [6, 6.07) is 4.67. The van der Waals surface area contributed by atoms with Crippen LogP contribution in [-0.2, 0) is 14.8 Å². The second-order valence-electron chi connectivity index (χ2n) is 5.41. The van der Waals surface area contributed by atoms with Crippen LogP contribution in [-0.4, -0.2) is 59.7 Å². The molecular weight excluding hydrogens is 388 g/mol. The second-order valence-corrected chi connectivity index (χ2v) is 8.82. The molecule has 3 rings (SSSR count). The molecule has 1 atom stereocenters. The summed E-state index contributed by atoms with van der Waals surface area (Å²) in [5.41, 5.74) is 0.288. The summed E-state index contributed by atoms with van der Waals surface area (Å²) in [6.45, 7) is 1.90. The van der Waals surface area contributed by atoms with Gasteiger partial charge >= 0.3 is 5.97 Å². The Kier molecular flexibility index (Phi) is 5.31. The van der Waals surface area contributed by atoms with Crippen LogP contribution in [0, 0.1) is 0 Å². The van der Waals surface area contributed by atoms with Crippen molar-refractivity contribution in [1.29, 1.82) is 0 Å². The van der Waals surface area contributed by atoms with Crippen molar-refractivity contribution in [3.8, 4) is 0 Å². The molecule has 1 saturated heterocycles. The van der Waals surface area contributed by atoms with Crippen molar-refractivity contribution >= 4 is 50.3 Å². The van der Waals surface area contributed by atoms with Crippen LogP contribution in [0.2, 0.25) is 5.02 Å². The molecule has 7 nitrogen and oxygen atoms in total. The number of ether oxygens (including phenoxy) is 1. The predicted octanol–water partition coefficient (Wildman–Crippen LogP) is 2.05. The van der Waals surface area contributed by atoms with Gasteiger partial charge in [0.1, 0.15) is 16.8 Å². The van der Waals surface area contributed by atoms with Crippen LogP contribution in [0.5, 0.6) is 0 Å². The number of halogens is 1. The van der Waals surface area contributed by atoms with Gasteiger partial charge < -0.3 is 14.8 Å². The Morgan fingerprint density at radius 3 is 2.96 bits per heavy atom. The van der Waals surface area contributed by atoms with E-state index in [1.807, 2.05) is 0 Å². The molecular formula is C15H17ClN2O5S2. The highest BCUT2D eigenvalue weighted by Gasteiger charge is 2.38. The van der Waals surface area contributed by atoms with Crippen molar-refractivity contribution in [3.63, 3.8) is 0 Å². The number of benzene rings is 1. The number of carbonyl (C=O) groups excluding carboxylic acids is 1. The van der Waals surface area contributed by atoms with Gasteiger partial charge in [-0.3, -0.25) is 0 Å². The predicted molar refractivity (Wildman–Crippen MR) is 96.5 cm³/mol. The van der Waals surface area contributed by atoms with Crippen molar-refractivity contribution in [2.45, 2.75) is 18.0 Å². The van der Waals surface area contributed by atoms with E-state index in [9.17, 15) is 18.3 Å². The first kappa shape index (κ1) is 18.5.